The van der Waals surface area contributed by atoms with Crippen molar-refractivity contribution in [3.63, 3.8) is 0 Å². The first-order valence-electron chi connectivity index (χ1n) is 27.8. The number of phosphoric ester groups is 1. The van der Waals surface area contributed by atoms with Crippen molar-refractivity contribution in [2.45, 2.75) is 276 Å². The molecular formula is C56H109N2O6P. The number of nitrogens with zero attached hydrogens (tertiary/aromatic N) is 1. The number of likely N-dealkylation sites (N-methyl/N-ethyl adjacent to an activating group) is 1. The summed E-state index contributed by atoms with van der Waals surface area (Å²) in [6.07, 6.45) is 60.2. The summed E-state index contributed by atoms with van der Waals surface area (Å²) >= 11 is 0. The molecular weight excluding hydrogens is 828 g/mol. The molecule has 2 N–H and O–H groups in total. The van der Waals surface area contributed by atoms with Crippen LogP contribution in [0, 0.1) is 0 Å². The zero-order chi connectivity index (χ0) is 47.8. The number of hydrogen-bond donors (Lipinski definition) is 2. The predicted molar refractivity (Wildman–Crippen MR) is 279 cm³/mol. The summed E-state index contributed by atoms with van der Waals surface area (Å²) in [4.78, 5) is 25.5. The smallest absolute Gasteiger partial charge is 0.268 e. The second-order valence-electron chi connectivity index (χ2n) is 20.3. The molecule has 0 fully saturated rings. The minimum absolute atomic E-state index is 0.00920. The van der Waals surface area contributed by atoms with Crippen molar-refractivity contribution in [1.82, 2.24) is 5.32 Å². The minimum atomic E-state index is -4.58. The van der Waals surface area contributed by atoms with Gasteiger partial charge in [-0.15, -0.1) is 0 Å². The first-order chi connectivity index (χ1) is 31.5. The van der Waals surface area contributed by atoms with Crippen molar-refractivity contribution >= 4 is 13.7 Å². The molecule has 0 aromatic rings. The molecule has 0 aliphatic rings. The second kappa shape index (κ2) is 47.8. The molecule has 0 heterocycles. The van der Waals surface area contributed by atoms with Crippen LogP contribution in [0.1, 0.15) is 264 Å². The van der Waals surface area contributed by atoms with Gasteiger partial charge in [0.1, 0.15) is 13.2 Å². The third kappa shape index (κ3) is 50.4. The number of aliphatic hydroxyl groups is 1. The molecule has 0 saturated heterocycles. The van der Waals surface area contributed by atoms with Gasteiger partial charge in [0, 0.05) is 6.42 Å². The van der Waals surface area contributed by atoms with E-state index in [-0.39, 0.29) is 19.1 Å². The lowest BCUT2D eigenvalue weighted by Gasteiger charge is -2.30. The number of carbonyl (C=O) groups is 1. The SMILES string of the molecule is CCCCCCC/C=C\C/C=C\C/C=C\CCCCCCCCC(=O)NC(COP(=O)([O-])OCC[N+](C)(C)C)C(O)CCCCCCCCCCCCCCCCCCCCCCCC. The molecule has 0 aliphatic heterocycles. The van der Waals surface area contributed by atoms with Crippen molar-refractivity contribution in [3.05, 3.63) is 36.5 Å². The Balaban J connectivity index is 4.23. The zero-order valence-corrected chi connectivity index (χ0v) is 44.6. The summed E-state index contributed by atoms with van der Waals surface area (Å²) in [6, 6.07) is -0.808. The molecule has 3 atom stereocenters. The number of unbranched alkanes of at least 4 members (excludes halogenated alkanes) is 32. The van der Waals surface area contributed by atoms with Crippen molar-refractivity contribution in [3.8, 4) is 0 Å². The Kier molecular flexibility index (Phi) is 46.8. The number of nitrogens with one attached hydrogen (secondary N) is 1. The van der Waals surface area contributed by atoms with Gasteiger partial charge in [-0.1, -0.05) is 243 Å². The van der Waals surface area contributed by atoms with Gasteiger partial charge >= 0.3 is 0 Å². The van der Waals surface area contributed by atoms with Crippen LogP contribution in [0.15, 0.2) is 36.5 Å². The molecule has 9 heteroatoms. The van der Waals surface area contributed by atoms with Gasteiger partial charge in [0.2, 0.25) is 5.91 Å². The third-order valence-corrected chi connectivity index (χ3v) is 13.6. The Hall–Kier alpha value is -1.28. The maximum Gasteiger partial charge on any atom is 0.268 e. The average molecular weight is 937 g/mol. The van der Waals surface area contributed by atoms with Crippen LogP contribution in [0.4, 0.5) is 0 Å². The Morgan fingerprint density at radius 1 is 0.538 bits per heavy atom. The van der Waals surface area contributed by atoms with Crippen LogP contribution in [0.3, 0.4) is 0 Å². The van der Waals surface area contributed by atoms with Gasteiger partial charge < -0.3 is 28.8 Å². The Labute approximate surface area is 404 Å². The van der Waals surface area contributed by atoms with E-state index in [1.165, 1.54) is 173 Å². The number of rotatable bonds is 51. The largest absolute Gasteiger partial charge is 0.756 e. The second-order valence-corrected chi connectivity index (χ2v) is 21.7. The summed E-state index contributed by atoms with van der Waals surface area (Å²) in [5.41, 5.74) is 0. The molecule has 65 heavy (non-hydrogen) atoms. The van der Waals surface area contributed by atoms with E-state index in [2.05, 4.69) is 55.6 Å². The standard InChI is InChI=1S/C56H109N2O6P/c1-6-8-10-12-14-16-18-20-22-24-26-28-30-31-33-35-37-39-41-43-45-47-49-55(59)54(53-64-65(61,62)63-52-51-58(3,4)5)57-56(60)50-48-46-44-42-40-38-36-34-32-29-27-25-23-21-19-17-15-13-11-9-7-2/h19,21,25,27,32,34,54-55,59H,6-18,20,22-24,26,28-31,33,35-53H2,1-5H3,(H-,57,60,61,62)/b21-19-,27-25-,34-32-. The van der Waals surface area contributed by atoms with Gasteiger partial charge in [-0.2, -0.15) is 0 Å². The summed E-state index contributed by atoms with van der Waals surface area (Å²) in [5, 5.41) is 14.0. The summed E-state index contributed by atoms with van der Waals surface area (Å²) in [5.74, 6) is -0.175. The maximum absolute atomic E-state index is 13.0. The quantitative estimate of drug-likeness (QED) is 0.0272. The van der Waals surface area contributed by atoms with Crippen molar-refractivity contribution < 1.29 is 32.9 Å². The fraction of sp³-hybridized carbons (Fsp3) is 0.875. The van der Waals surface area contributed by atoms with Gasteiger partial charge in [0.25, 0.3) is 7.82 Å². The van der Waals surface area contributed by atoms with E-state index in [1.807, 2.05) is 21.1 Å². The van der Waals surface area contributed by atoms with Crippen LogP contribution in [0.5, 0.6) is 0 Å². The number of hydrogen-bond acceptors (Lipinski definition) is 6. The number of amides is 1. The van der Waals surface area contributed by atoms with E-state index in [0.29, 0.717) is 23.9 Å². The molecule has 0 saturated carbocycles. The lowest BCUT2D eigenvalue weighted by atomic mass is 10.0. The van der Waals surface area contributed by atoms with Gasteiger partial charge in [-0.3, -0.25) is 9.36 Å². The Morgan fingerprint density at radius 2 is 0.892 bits per heavy atom. The van der Waals surface area contributed by atoms with Crippen LogP contribution >= 0.6 is 7.82 Å². The molecule has 0 aromatic carbocycles. The summed E-state index contributed by atoms with van der Waals surface area (Å²) in [6.45, 7) is 4.73. The number of phosphoric acid groups is 1. The molecule has 8 nitrogen and oxygen atoms in total. The zero-order valence-electron chi connectivity index (χ0n) is 43.7. The maximum atomic E-state index is 13.0. The van der Waals surface area contributed by atoms with Gasteiger partial charge in [0.05, 0.1) is 39.9 Å². The first kappa shape index (κ1) is 63.7. The van der Waals surface area contributed by atoms with E-state index in [0.717, 1.165) is 64.2 Å². The molecule has 0 aliphatic carbocycles. The topological polar surface area (TPSA) is 108 Å². The highest BCUT2D eigenvalue weighted by molar-refractivity contribution is 7.45. The van der Waals surface area contributed by atoms with Gasteiger partial charge in [-0.25, -0.2) is 0 Å². The normalized spacial score (nSPS) is 14.3. The van der Waals surface area contributed by atoms with E-state index in [1.54, 1.807) is 0 Å². The third-order valence-electron chi connectivity index (χ3n) is 12.6. The molecule has 0 rings (SSSR count). The Morgan fingerprint density at radius 3 is 1.29 bits per heavy atom. The fourth-order valence-electron chi connectivity index (χ4n) is 8.22. The molecule has 3 unspecified atom stereocenters. The van der Waals surface area contributed by atoms with Gasteiger partial charge in [0.15, 0.2) is 0 Å². The number of aliphatic hydroxyl groups excluding tert-OH is 1. The van der Waals surface area contributed by atoms with E-state index in [9.17, 15) is 19.4 Å². The molecule has 0 spiro atoms. The molecule has 1 amide bonds. The highest BCUT2D eigenvalue weighted by Crippen LogP contribution is 2.38. The van der Waals surface area contributed by atoms with Gasteiger partial charge in [-0.05, 0) is 51.4 Å². The number of allylic oxidation sites excluding steroid dienone is 6. The first-order valence-corrected chi connectivity index (χ1v) is 29.3. The molecule has 0 bridgehead atoms. The van der Waals surface area contributed by atoms with Crippen molar-refractivity contribution in [2.24, 2.45) is 0 Å². The van der Waals surface area contributed by atoms with Crippen LogP contribution in [-0.4, -0.2) is 68.5 Å². The van der Waals surface area contributed by atoms with E-state index in [4.69, 9.17) is 9.05 Å². The molecule has 0 radical (unpaired) electrons. The monoisotopic (exact) mass is 937 g/mol. The number of quaternary nitrogens is 1. The highest BCUT2D eigenvalue weighted by atomic mass is 31.2. The van der Waals surface area contributed by atoms with Crippen LogP contribution in [0.25, 0.3) is 0 Å². The van der Waals surface area contributed by atoms with Crippen molar-refractivity contribution in [2.75, 3.05) is 40.9 Å². The van der Waals surface area contributed by atoms with E-state index >= 15 is 0 Å². The average Bonchev–Trinajstić information content (AvgIpc) is 3.26. The fourth-order valence-corrected chi connectivity index (χ4v) is 8.95. The lowest BCUT2D eigenvalue weighted by molar-refractivity contribution is -0.870. The minimum Gasteiger partial charge on any atom is -0.756 e. The predicted octanol–water partition coefficient (Wildman–Crippen LogP) is 16.0. The molecule has 384 valence electrons. The summed E-state index contributed by atoms with van der Waals surface area (Å²) in [7, 11) is 1.30. The van der Waals surface area contributed by atoms with Crippen molar-refractivity contribution in [1.29, 1.82) is 0 Å². The summed E-state index contributed by atoms with van der Waals surface area (Å²) < 4.78 is 23.4. The van der Waals surface area contributed by atoms with Crippen LogP contribution in [-0.2, 0) is 18.4 Å². The van der Waals surface area contributed by atoms with E-state index < -0.39 is 20.0 Å². The van der Waals surface area contributed by atoms with Crippen LogP contribution < -0.4 is 10.2 Å². The van der Waals surface area contributed by atoms with Crippen LogP contribution in [0.2, 0.25) is 0 Å². The lowest BCUT2D eigenvalue weighted by Crippen LogP contribution is -2.46. The highest BCUT2D eigenvalue weighted by Gasteiger charge is 2.24. The number of carbonyl (C=O) groups excluding carboxylic acids is 1. The Bertz CT molecular complexity index is 1150. The molecule has 0 aromatic heterocycles.